The summed E-state index contributed by atoms with van der Waals surface area (Å²) in [6.45, 7) is 3.26. The fourth-order valence-corrected chi connectivity index (χ4v) is 2.45. The Balaban J connectivity index is 2.34. The normalized spacial score (nSPS) is 20.3. The summed E-state index contributed by atoms with van der Waals surface area (Å²) in [6.07, 6.45) is 3.57. The van der Waals surface area contributed by atoms with E-state index in [2.05, 4.69) is 24.9 Å². The number of rotatable bonds is 2. The number of phenols is 1. The molecule has 0 bridgehead atoms. The molecule has 0 spiro atoms. The number of aromatic hydroxyl groups is 1. The van der Waals surface area contributed by atoms with Crippen LogP contribution in [-0.4, -0.2) is 23.6 Å². The van der Waals surface area contributed by atoms with Crippen molar-refractivity contribution in [2.75, 3.05) is 13.6 Å². The fourth-order valence-electron chi connectivity index (χ4n) is 2.45. The van der Waals surface area contributed by atoms with Crippen molar-refractivity contribution in [2.45, 2.75) is 32.2 Å². The van der Waals surface area contributed by atoms with Crippen molar-refractivity contribution in [2.24, 2.45) is 0 Å². The molecule has 1 aliphatic rings. The number of benzene rings is 1. The summed E-state index contributed by atoms with van der Waals surface area (Å²) in [6, 6.07) is 6.35. The van der Waals surface area contributed by atoms with Crippen molar-refractivity contribution in [1.82, 2.24) is 4.90 Å². The van der Waals surface area contributed by atoms with E-state index in [0.717, 1.165) is 13.0 Å². The summed E-state index contributed by atoms with van der Waals surface area (Å²) in [5.74, 6) is 0.397. The van der Waals surface area contributed by atoms with Crippen molar-refractivity contribution in [3.05, 3.63) is 29.3 Å². The summed E-state index contributed by atoms with van der Waals surface area (Å²) in [5, 5.41) is 9.46. The first-order valence-corrected chi connectivity index (χ1v) is 5.74. The van der Waals surface area contributed by atoms with Gasteiger partial charge in [0.05, 0.1) is 0 Å². The lowest BCUT2D eigenvalue weighted by atomic mass is 9.87. The summed E-state index contributed by atoms with van der Waals surface area (Å²) < 4.78 is 0. The Morgan fingerprint density at radius 1 is 1.47 bits per heavy atom. The van der Waals surface area contributed by atoms with Gasteiger partial charge in [-0.2, -0.15) is 0 Å². The zero-order valence-electron chi connectivity index (χ0n) is 9.53. The molecule has 0 aliphatic heterocycles. The minimum Gasteiger partial charge on any atom is -0.508 e. The van der Waals surface area contributed by atoms with Gasteiger partial charge >= 0.3 is 0 Å². The lowest BCUT2D eigenvalue weighted by molar-refractivity contribution is 0.232. The molecule has 82 valence electrons. The zero-order valence-corrected chi connectivity index (χ0v) is 9.53. The standard InChI is InChI=1S/C13H19NO/c1-3-14(2)13-6-4-5-10-9-11(15)7-8-12(10)13/h7-9,13,15H,3-6H2,1-2H3. The SMILES string of the molecule is CCN(C)C1CCCc2cc(O)ccc21. The maximum atomic E-state index is 9.46. The second-order valence-electron chi connectivity index (χ2n) is 4.36. The quantitative estimate of drug-likeness (QED) is 0.802. The van der Waals surface area contributed by atoms with Gasteiger partial charge in [0.2, 0.25) is 0 Å². The Morgan fingerprint density at radius 2 is 2.27 bits per heavy atom. The lowest BCUT2D eigenvalue weighted by Crippen LogP contribution is -2.27. The van der Waals surface area contributed by atoms with Gasteiger partial charge in [-0.3, -0.25) is 4.90 Å². The van der Waals surface area contributed by atoms with Crippen LogP contribution in [0.15, 0.2) is 18.2 Å². The van der Waals surface area contributed by atoms with Crippen LogP contribution in [0.2, 0.25) is 0 Å². The molecule has 1 aromatic rings. The van der Waals surface area contributed by atoms with Crippen LogP contribution in [0.4, 0.5) is 0 Å². The van der Waals surface area contributed by atoms with Gasteiger partial charge in [0, 0.05) is 6.04 Å². The first kappa shape index (κ1) is 10.5. The van der Waals surface area contributed by atoms with Crippen LogP contribution in [0.5, 0.6) is 5.75 Å². The molecule has 0 heterocycles. The average Bonchev–Trinajstić information content (AvgIpc) is 2.26. The highest BCUT2D eigenvalue weighted by molar-refractivity contribution is 5.38. The minimum atomic E-state index is 0.397. The van der Waals surface area contributed by atoms with Crippen LogP contribution < -0.4 is 0 Å². The number of hydrogen-bond acceptors (Lipinski definition) is 2. The summed E-state index contributed by atoms with van der Waals surface area (Å²) in [5.41, 5.74) is 2.73. The molecule has 2 heteroatoms. The smallest absolute Gasteiger partial charge is 0.115 e. The average molecular weight is 205 g/mol. The van der Waals surface area contributed by atoms with E-state index in [1.165, 1.54) is 24.0 Å². The Hall–Kier alpha value is -1.02. The first-order valence-electron chi connectivity index (χ1n) is 5.74. The largest absolute Gasteiger partial charge is 0.508 e. The number of aryl methyl sites for hydroxylation is 1. The van der Waals surface area contributed by atoms with E-state index in [0.29, 0.717) is 11.8 Å². The number of fused-ring (bicyclic) bond motifs is 1. The second-order valence-corrected chi connectivity index (χ2v) is 4.36. The molecule has 1 aliphatic carbocycles. The Kier molecular flexibility index (Phi) is 2.96. The lowest BCUT2D eigenvalue weighted by Gasteiger charge is -2.32. The van der Waals surface area contributed by atoms with Gasteiger partial charge in [-0.1, -0.05) is 13.0 Å². The maximum Gasteiger partial charge on any atom is 0.115 e. The number of hydrogen-bond donors (Lipinski definition) is 1. The van der Waals surface area contributed by atoms with Crippen LogP contribution in [0, 0.1) is 0 Å². The zero-order chi connectivity index (χ0) is 10.8. The van der Waals surface area contributed by atoms with Crippen molar-refractivity contribution in [3.63, 3.8) is 0 Å². The molecular weight excluding hydrogens is 186 g/mol. The molecule has 1 aromatic carbocycles. The van der Waals surface area contributed by atoms with Crippen LogP contribution in [-0.2, 0) is 6.42 Å². The topological polar surface area (TPSA) is 23.5 Å². The van der Waals surface area contributed by atoms with Gasteiger partial charge in [-0.15, -0.1) is 0 Å². The second kappa shape index (κ2) is 4.23. The molecule has 0 saturated carbocycles. The van der Waals surface area contributed by atoms with Crippen LogP contribution in [0.1, 0.15) is 36.9 Å². The van der Waals surface area contributed by atoms with Gasteiger partial charge in [-0.25, -0.2) is 0 Å². The highest BCUT2D eigenvalue weighted by Crippen LogP contribution is 2.34. The van der Waals surface area contributed by atoms with Crippen LogP contribution in [0.25, 0.3) is 0 Å². The predicted octanol–water partition coefficient (Wildman–Crippen LogP) is 2.72. The molecule has 1 unspecified atom stereocenters. The molecule has 0 radical (unpaired) electrons. The van der Waals surface area contributed by atoms with Crippen molar-refractivity contribution >= 4 is 0 Å². The van der Waals surface area contributed by atoms with E-state index < -0.39 is 0 Å². The summed E-state index contributed by atoms with van der Waals surface area (Å²) >= 11 is 0. The van der Waals surface area contributed by atoms with Gasteiger partial charge in [-0.05, 0) is 56.1 Å². The highest BCUT2D eigenvalue weighted by Gasteiger charge is 2.22. The molecule has 15 heavy (non-hydrogen) atoms. The predicted molar refractivity (Wildman–Crippen MR) is 62.1 cm³/mol. The van der Waals surface area contributed by atoms with Crippen molar-refractivity contribution in [1.29, 1.82) is 0 Å². The highest BCUT2D eigenvalue weighted by atomic mass is 16.3. The van der Waals surface area contributed by atoms with Gasteiger partial charge in [0.1, 0.15) is 5.75 Å². The van der Waals surface area contributed by atoms with Gasteiger partial charge in [0.25, 0.3) is 0 Å². The third-order valence-electron chi connectivity index (χ3n) is 3.44. The van der Waals surface area contributed by atoms with Gasteiger partial charge < -0.3 is 5.11 Å². The van der Waals surface area contributed by atoms with Crippen LogP contribution in [0.3, 0.4) is 0 Å². The fraction of sp³-hybridized carbons (Fsp3) is 0.538. The van der Waals surface area contributed by atoms with E-state index in [-0.39, 0.29) is 0 Å². The first-order chi connectivity index (χ1) is 7.22. The summed E-state index contributed by atoms with van der Waals surface area (Å²) in [7, 11) is 2.17. The van der Waals surface area contributed by atoms with Crippen molar-refractivity contribution < 1.29 is 5.11 Å². The molecule has 2 rings (SSSR count). The third-order valence-corrected chi connectivity index (χ3v) is 3.44. The van der Waals surface area contributed by atoms with E-state index in [4.69, 9.17) is 0 Å². The van der Waals surface area contributed by atoms with E-state index >= 15 is 0 Å². The molecule has 2 nitrogen and oxygen atoms in total. The van der Waals surface area contributed by atoms with Gasteiger partial charge in [0.15, 0.2) is 0 Å². The maximum absolute atomic E-state index is 9.46. The number of phenolic OH excluding ortho intramolecular Hbond substituents is 1. The molecule has 0 aromatic heterocycles. The molecule has 0 fully saturated rings. The Bertz CT molecular complexity index is 348. The Morgan fingerprint density at radius 3 is 3.00 bits per heavy atom. The molecule has 0 amide bonds. The Labute approximate surface area is 91.5 Å². The molecular formula is C13H19NO. The molecule has 1 atom stereocenters. The third kappa shape index (κ3) is 2.00. The van der Waals surface area contributed by atoms with E-state index in [1.54, 1.807) is 6.07 Å². The van der Waals surface area contributed by atoms with Crippen LogP contribution >= 0.6 is 0 Å². The monoisotopic (exact) mass is 205 g/mol. The number of nitrogens with zero attached hydrogens (tertiary/aromatic N) is 1. The molecule has 1 N–H and O–H groups in total. The molecule has 0 saturated heterocycles. The van der Waals surface area contributed by atoms with Crippen molar-refractivity contribution in [3.8, 4) is 5.75 Å². The van der Waals surface area contributed by atoms with E-state index in [9.17, 15) is 5.11 Å². The van der Waals surface area contributed by atoms with E-state index in [1.807, 2.05) is 6.07 Å². The minimum absolute atomic E-state index is 0.397. The summed E-state index contributed by atoms with van der Waals surface area (Å²) in [4.78, 5) is 2.38.